The lowest BCUT2D eigenvalue weighted by molar-refractivity contribution is 0.203. The second kappa shape index (κ2) is 2.21. The van der Waals surface area contributed by atoms with Crippen molar-refractivity contribution in [3.63, 3.8) is 0 Å². The highest BCUT2D eigenvalue weighted by Gasteiger charge is 2.12. The summed E-state index contributed by atoms with van der Waals surface area (Å²) in [6.45, 7) is 0. The second-order valence-corrected chi connectivity index (χ2v) is 2.02. The van der Waals surface area contributed by atoms with Crippen molar-refractivity contribution in [2.45, 2.75) is 12.1 Å². The molecule has 0 fully saturated rings. The highest BCUT2D eigenvalue weighted by atomic mass is 16.3. The van der Waals surface area contributed by atoms with Crippen molar-refractivity contribution >= 4 is 0 Å². The Labute approximate surface area is 53.1 Å². The van der Waals surface area contributed by atoms with Crippen LogP contribution in [-0.2, 0) is 0 Å². The molecule has 1 aliphatic carbocycles. The molecule has 0 aromatic heterocycles. The zero-order valence-corrected chi connectivity index (χ0v) is 4.86. The number of hydrogen-bond acceptors (Lipinski definition) is 3. The van der Waals surface area contributed by atoms with Gasteiger partial charge in [0.1, 0.15) is 5.76 Å². The van der Waals surface area contributed by atoms with Crippen molar-refractivity contribution in [1.82, 2.24) is 0 Å². The van der Waals surface area contributed by atoms with Gasteiger partial charge >= 0.3 is 0 Å². The fourth-order valence-corrected chi connectivity index (χ4v) is 0.677. The fourth-order valence-electron chi connectivity index (χ4n) is 0.677. The van der Waals surface area contributed by atoms with Crippen LogP contribution in [0.1, 0.15) is 0 Å². The predicted octanol–water partition coefficient (Wildman–Crippen LogP) is -0.314. The van der Waals surface area contributed by atoms with Gasteiger partial charge in [0.15, 0.2) is 0 Å². The minimum Gasteiger partial charge on any atom is -0.508 e. The first-order valence-electron chi connectivity index (χ1n) is 2.73. The summed E-state index contributed by atoms with van der Waals surface area (Å²) in [5.41, 5.74) is 5.33. The number of hydrogen-bond donors (Lipinski definition) is 3. The lowest BCUT2D eigenvalue weighted by Gasteiger charge is -2.14. The minimum atomic E-state index is -0.652. The second-order valence-electron chi connectivity index (χ2n) is 2.02. The first kappa shape index (κ1) is 6.32. The van der Waals surface area contributed by atoms with E-state index in [0.29, 0.717) is 0 Å². The topological polar surface area (TPSA) is 66.5 Å². The van der Waals surface area contributed by atoms with Gasteiger partial charge in [0.2, 0.25) is 0 Å². The third-order valence-electron chi connectivity index (χ3n) is 1.22. The smallest absolute Gasteiger partial charge is 0.113 e. The summed E-state index contributed by atoms with van der Waals surface area (Å²) in [6.07, 6.45) is 3.64. The number of rotatable bonds is 0. The van der Waals surface area contributed by atoms with E-state index in [2.05, 4.69) is 0 Å². The number of allylic oxidation sites excluding steroid dienone is 1. The van der Waals surface area contributed by atoms with E-state index in [1.54, 1.807) is 0 Å². The van der Waals surface area contributed by atoms with Crippen LogP contribution in [0.2, 0.25) is 0 Å². The van der Waals surface area contributed by atoms with E-state index in [-0.39, 0.29) is 5.76 Å². The van der Waals surface area contributed by atoms with Crippen LogP contribution in [0.15, 0.2) is 24.0 Å². The quantitative estimate of drug-likeness (QED) is 0.418. The van der Waals surface area contributed by atoms with Crippen molar-refractivity contribution in [2.24, 2.45) is 5.73 Å². The lowest BCUT2D eigenvalue weighted by Crippen LogP contribution is -2.33. The summed E-state index contributed by atoms with van der Waals surface area (Å²) in [4.78, 5) is 0. The van der Waals surface area contributed by atoms with Crippen molar-refractivity contribution < 1.29 is 10.2 Å². The van der Waals surface area contributed by atoms with Crippen molar-refractivity contribution in [1.29, 1.82) is 0 Å². The lowest BCUT2D eigenvalue weighted by atomic mass is 10.1. The summed E-state index contributed by atoms with van der Waals surface area (Å²) >= 11 is 0. The highest BCUT2D eigenvalue weighted by molar-refractivity contribution is 5.22. The predicted molar refractivity (Wildman–Crippen MR) is 33.8 cm³/mol. The van der Waals surface area contributed by atoms with Gasteiger partial charge in [0, 0.05) is 0 Å². The number of aliphatic hydroxyl groups is 2. The highest BCUT2D eigenvalue weighted by Crippen LogP contribution is 2.05. The summed E-state index contributed by atoms with van der Waals surface area (Å²) in [5.74, 6) is 0.118. The third kappa shape index (κ3) is 1.31. The molecule has 50 valence electrons. The van der Waals surface area contributed by atoms with Gasteiger partial charge in [0.05, 0.1) is 12.1 Å². The van der Waals surface area contributed by atoms with Gasteiger partial charge in [0.25, 0.3) is 0 Å². The first-order valence-corrected chi connectivity index (χ1v) is 2.73. The zero-order chi connectivity index (χ0) is 6.85. The Balaban J connectivity index is 2.70. The molecule has 3 nitrogen and oxygen atoms in total. The molecule has 1 aliphatic rings. The van der Waals surface area contributed by atoms with Gasteiger partial charge in [-0.25, -0.2) is 0 Å². The molecule has 0 aromatic rings. The maximum atomic E-state index is 8.93. The average molecular weight is 127 g/mol. The van der Waals surface area contributed by atoms with Gasteiger partial charge in [-0.05, 0) is 12.2 Å². The molecule has 2 atom stereocenters. The van der Waals surface area contributed by atoms with Crippen LogP contribution < -0.4 is 5.73 Å². The van der Waals surface area contributed by atoms with Crippen molar-refractivity contribution in [3.05, 3.63) is 24.0 Å². The Morgan fingerprint density at radius 1 is 1.56 bits per heavy atom. The van der Waals surface area contributed by atoms with Gasteiger partial charge in [-0.1, -0.05) is 6.08 Å². The molecule has 1 rings (SSSR count). The monoisotopic (exact) mass is 127 g/mol. The summed E-state index contributed by atoms with van der Waals surface area (Å²) in [7, 11) is 0. The Hall–Kier alpha value is -0.800. The Bertz CT molecular complexity index is 162. The van der Waals surface area contributed by atoms with Crippen LogP contribution in [0.4, 0.5) is 0 Å². The largest absolute Gasteiger partial charge is 0.508 e. The molecule has 3 heteroatoms. The molecule has 4 N–H and O–H groups in total. The molecular formula is C6H9NO2. The van der Waals surface area contributed by atoms with Gasteiger partial charge < -0.3 is 15.9 Å². The third-order valence-corrected chi connectivity index (χ3v) is 1.22. The summed E-state index contributed by atoms with van der Waals surface area (Å²) < 4.78 is 0. The van der Waals surface area contributed by atoms with Gasteiger partial charge in [-0.2, -0.15) is 0 Å². The molecule has 0 bridgehead atoms. The molecule has 0 aliphatic heterocycles. The van der Waals surface area contributed by atoms with Gasteiger partial charge in [-0.3, -0.25) is 0 Å². The van der Waals surface area contributed by atoms with Crippen LogP contribution >= 0.6 is 0 Å². The molecular weight excluding hydrogens is 118 g/mol. The Morgan fingerprint density at radius 3 is 2.67 bits per heavy atom. The van der Waals surface area contributed by atoms with E-state index in [1.807, 2.05) is 0 Å². The minimum absolute atomic E-state index is 0.118. The van der Waals surface area contributed by atoms with E-state index in [9.17, 15) is 0 Å². The number of aliphatic hydroxyl groups excluding tert-OH is 2. The molecule has 0 aromatic carbocycles. The zero-order valence-electron chi connectivity index (χ0n) is 4.86. The maximum absolute atomic E-state index is 8.93. The normalized spacial score (nSPS) is 34.2. The summed E-state index contributed by atoms with van der Waals surface area (Å²) in [5, 5.41) is 17.7. The average Bonchev–Trinajstić information content (AvgIpc) is 1.80. The van der Waals surface area contributed by atoms with E-state index in [1.165, 1.54) is 18.2 Å². The molecule has 9 heavy (non-hydrogen) atoms. The van der Waals surface area contributed by atoms with Crippen LogP contribution in [0, 0.1) is 0 Å². The van der Waals surface area contributed by atoms with E-state index < -0.39 is 12.1 Å². The van der Waals surface area contributed by atoms with Crippen LogP contribution in [0.3, 0.4) is 0 Å². The fraction of sp³-hybridized carbons (Fsp3) is 0.333. The van der Waals surface area contributed by atoms with E-state index in [4.69, 9.17) is 15.9 Å². The Morgan fingerprint density at radius 2 is 2.22 bits per heavy atom. The van der Waals surface area contributed by atoms with Crippen molar-refractivity contribution in [3.8, 4) is 0 Å². The molecule has 0 saturated heterocycles. The van der Waals surface area contributed by atoms with Crippen LogP contribution in [-0.4, -0.2) is 22.4 Å². The molecule has 0 radical (unpaired) electrons. The molecule has 0 amide bonds. The molecule has 0 spiro atoms. The van der Waals surface area contributed by atoms with Crippen LogP contribution in [0.5, 0.6) is 0 Å². The van der Waals surface area contributed by atoms with E-state index in [0.717, 1.165) is 0 Å². The van der Waals surface area contributed by atoms with Crippen LogP contribution in [0.25, 0.3) is 0 Å². The van der Waals surface area contributed by atoms with Gasteiger partial charge in [-0.15, -0.1) is 0 Å². The maximum Gasteiger partial charge on any atom is 0.113 e. The van der Waals surface area contributed by atoms with E-state index >= 15 is 0 Å². The standard InChI is InChI=1S/C6H9NO2/c7-5-3-4(8)1-2-6(5)9/h1-3,5-6,8-9H,7H2. The Kier molecular flexibility index (Phi) is 1.55. The molecule has 0 saturated carbocycles. The number of nitrogens with two attached hydrogens (primary N) is 1. The SMILES string of the molecule is NC1C=C(O)C=CC1O. The molecule has 0 heterocycles. The van der Waals surface area contributed by atoms with Crippen molar-refractivity contribution in [2.75, 3.05) is 0 Å². The first-order chi connectivity index (χ1) is 4.20. The summed E-state index contributed by atoms with van der Waals surface area (Å²) in [6, 6.07) is -0.463. The molecule has 2 unspecified atom stereocenters.